The number of aryl methyl sites for hydroxylation is 1. The van der Waals surface area contributed by atoms with E-state index in [0.29, 0.717) is 23.6 Å². The molecule has 2 aromatic heterocycles. The summed E-state index contributed by atoms with van der Waals surface area (Å²) in [7, 11) is 0. The van der Waals surface area contributed by atoms with Gasteiger partial charge in [0.2, 0.25) is 5.28 Å². The van der Waals surface area contributed by atoms with E-state index in [-0.39, 0.29) is 17.4 Å². The van der Waals surface area contributed by atoms with Gasteiger partial charge in [0.15, 0.2) is 23.2 Å². The average Bonchev–Trinajstić information content (AvgIpc) is 3.51. The zero-order valence-corrected chi connectivity index (χ0v) is 19.5. The minimum absolute atomic E-state index is 0.00633. The van der Waals surface area contributed by atoms with Crippen molar-refractivity contribution in [1.29, 1.82) is 0 Å². The fraction of sp³-hybridized carbons (Fsp3) is 0.522. The van der Waals surface area contributed by atoms with Crippen LogP contribution in [0.2, 0.25) is 5.28 Å². The van der Waals surface area contributed by atoms with Crippen molar-refractivity contribution >= 4 is 28.6 Å². The predicted molar refractivity (Wildman–Crippen MR) is 124 cm³/mol. The number of hydrogen-bond donors (Lipinski definition) is 4. The van der Waals surface area contributed by atoms with Crippen LogP contribution in [0.1, 0.15) is 36.6 Å². The summed E-state index contributed by atoms with van der Waals surface area (Å²) >= 11 is 6.23. The molecule has 4 N–H and O–H groups in total. The van der Waals surface area contributed by atoms with Gasteiger partial charge in [-0.1, -0.05) is 29.8 Å². The number of aliphatic hydroxyl groups excluding tert-OH is 3. The molecule has 3 aromatic rings. The number of imidazole rings is 1. The summed E-state index contributed by atoms with van der Waals surface area (Å²) in [6, 6.07) is 8.30. The molecular formula is C23H28ClN5O5. The molecule has 1 saturated heterocycles. The Morgan fingerprint density at radius 1 is 1.24 bits per heavy atom. The van der Waals surface area contributed by atoms with Crippen LogP contribution in [0.25, 0.3) is 11.2 Å². The first-order valence-corrected chi connectivity index (χ1v) is 11.8. The minimum atomic E-state index is -1.26. The van der Waals surface area contributed by atoms with E-state index in [4.69, 9.17) is 21.1 Å². The Kier molecular flexibility index (Phi) is 6.70. The Hall–Kier alpha value is -2.34. The van der Waals surface area contributed by atoms with E-state index in [0.717, 1.165) is 24.8 Å². The zero-order chi connectivity index (χ0) is 23.8. The van der Waals surface area contributed by atoms with Gasteiger partial charge in [-0.05, 0) is 43.4 Å². The quantitative estimate of drug-likeness (QED) is 0.367. The molecule has 11 heteroatoms. The predicted octanol–water partition coefficient (Wildman–Crippen LogP) is 1.95. The molecule has 1 aliphatic carbocycles. The SMILES string of the molecule is Cc1cccc(CO[C@H]2CCCC2Nc2nc(Cl)nc3c2ncn3C2O[C@H](CO)[C@@H](O)[C@H]2O)c1. The number of benzene rings is 1. The number of ether oxygens (including phenoxy) is 2. The molecule has 0 spiro atoms. The highest BCUT2D eigenvalue weighted by atomic mass is 35.5. The lowest BCUT2D eigenvalue weighted by Crippen LogP contribution is -2.33. The van der Waals surface area contributed by atoms with Gasteiger partial charge >= 0.3 is 0 Å². The highest BCUT2D eigenvalue weighted by Gasteiger charge is 2.44. The molecular weight excluding hydrogens is 462 g/mol. The van der Waals surface area contributed by atoms with Crippen molar-refractivity contribution in [2.24, 2.45) is 0 Å². The van der Waals surface area contributed by atoms with Crippen LogP contribution in [-0.4, -0.2) is 71.9 Å². The lowest BCUT2D eigenvalue weighted by molar-refractivity contribution is -0.0511. The van der Waals surface area contributed by atoms with Gasteiger partial charge in [0.25, 0.3) is 0 Å². The molecule has 2 unspecified atom stereocenters. The molecule has 1 aliphatic heterocycles. The first-order valence-electron chi connectivity index (χ1n) is 11.4. The summed E-state index contributed by atoms with van der Waals surface area (Å²) < 4.78 is 13.4. The summed E-state index contributed by atoms with van der Waals surface area (Å²) in [6.45, 7) is 2.17. The monoisotopic (exact) mass is 489 g/mol. The second-order valence-electron chi connectivity index (χ2n) is 8.91. The Morgan fingerprint density at radius 2 is 2.09 bits per heavy atom. The number of aromatic nitrogens is 4. The summed E-state index contributed by atoms with van der Waals surface area (Å²) in [6.07, 6.45) is -0.0195. The first-order chi connectivity index (χ1) is 16.4. The largest absolute Gasteiger partial charge is 0.394 e. The van der Waals surface area contributed by atoms with Gasteiger partial charge in [0, 0.05) is 0 Å². The summed E-state index contributed by atoms with van der Waals surface area (Å²) in [5.74, 6) is 0.469. The third-order valence-corrected chi connectivity index (χ3v) is 6.68. The number of hydrogen-bond acceptors (Lipinski definition) is 9. The zero-order valence-electron chi connectivity index (χ0n) is 18.7. The molecule has 1 saturated carbocycles. The van der Waals surface area contributed by atoms with Crippen LogP contribution in [0.15, 0.2) is 30.6 Å². The number of halogens is 1. The van der Waals surface area contributed by atoms with Crippen molar-refractivity contribution in [2.45, 2.75) is 69.5 Å². The van der Waals surface area contributed by atoms with Gasteiger partial charge in [0.05, 0.1) is 31.7 Å². The van der Waals surface area contributed by atoms with E-state index < -0.39 is 31.1 Å². The fourth-order valence-electron chi connectivity index (χ4n) is 4.76. The van der Waals surface area contributed by atoms with E-state index in [2.05, 4.69) is 45.4 Å². The Bertz CT molecular complexity index is 1160. The van der Waals surface area contributed by atoms with Crippen LogP contribution >= 0.6 is 11.6 Å². The molecule has 34 heavy (non-hydrogen) atoms. The average molecular weight is 490 g/mol. The molecule has 5 rings (SSSR count). The lowest BCUT2D eigenvalue weighted by atomic mass is 10.1. The van der Waals surface area contributed by atoms with Gasteiger partial charge in [-0.2, -0.15) is 9.97 Å². The van der Waals surface area contributed by atoms with Crippen molar-refractivity contribution < 1.29 is 24.8 Å². The van der Waals surface area contributed by atoms with E-state index in [1.807, 2.05) is 6.07 Å². The van der Waals surface area contributed by atoms with E-state index in [1.54, 1.807) is 0 Å². The van der Waals surface area contributed by atoms with Crippen molar-refractivity contribution in [1.82, 2.24) is 19.5 Å². The Morgan fingerprint density at radius 3 is 2.85 bits per heavy atom. The normalized spacial score (nSPS) is 29.2. The van der Waals surface area contributed by atoms with E-state index >= 15 is 0 Å². The molecule has 6 atom stereocenters. The number of nitrogens with one attached hydrogen (secondary N) is 1. The van der Waals surface area contributed by atoms with Gasteiger partial charge < -0.3 is 30.1 Å². The van der Waals surface area contributed by atoms with Gasteiger partial charge in [-0.15, -0.1) is 0 Å². The van der Waals surface area contributed by atoms with Crippen molar-refractivity contribution in [3.05, 3.63) is 47.0 Å². The molecule has 0 amide bonds. The van der Waals surface area contributed by atoms with Gasteiger partial charge in [-0.3, -0.25) is 4.57 Å². The molecule has 3 heterocycles. The van der Waals surface area contributed by atoms with E-state index in [9.17, 15) is 15.3 Å². The first kappa shape index (κ1) is 23.4. The molecule has 182 valence electrons. The second-order valence-corrected chi connectivity index (χ2v) is 9.25. The molecule has 0 bridgehead atoms. The number of rotatable bonds is 7. The Balaban J connectivity index is 1.36. The van der Waals surface area contributed by atoms with Crippen molar-refractivity contribution in [2.75, 3.05) is 11.9 Å². The Labute approximate surface area is 201 Å². The third-order valence-electron chi connectivity index (χ3n) is 6.51. The van der Waals surface area contributed by atoms with Crippen LogP contribution in [0, 0.1) is 6.92 Å². The number of fused-ring (bicyclic) bond motifs is 1. The maximum Gasteiger partial charge on any atom is 0.226 e. The molecule has 0 radical (unpaired) electrons. The smallest absolute Gasteiger partial charge is 0.226 e. The van der Waals surface area contributed by atoms with Gasteiger partial charge in [0.1, 0.15) is 18.3 Å². The third kappa shape index (κ3) is 4.49. The number of aliphatic hydroxyl groups is 3. The maximum atomic E-state index is 10.4. The van der Waals surface area contributed by atoms with Gasteiger partial charge in [-0.25, -0.2) is 4.98 Å². The van der Waals surface area contributed by atoms with Crippen LogP contribution in [0.4, 0.5) is 5.82 Å². The van der Waals surface area contributed by atoms with Crippen LogP contribution in [0.5, 0.6) is 0 Å². The topological polar surface area (TPSA) is 135 Å². The highest BCUT2D eigenvalue weighted by molar-refractivity contribution is 6.28. The van der Waals surface area contributed by atoms with Crippen molar-refractivity contribution in [3.63, 3.8) is 0 Å². The standard InChI is InChI=1S/C23H28ClN5O5/c1-12-4-2-5-13(8-12)10-33-15-7-3-6-14(15)26-20-17-21(28-23(24)27-20)29(11-25-17)22-19(32)18(31)16(9-30)34-22/h2,4-5,8,11,14-16,18-19,22,30-32H,3,6-7,9-10H2,1H3,(H,26,27,28)/t14?,15-,16+,18+,19+,22?/m0/s1. The van der Waals surface area contributed by atoms with Crippen molar-refractivity contribution in [3.8, 4) is 0 Å². The summed E-state index contributed by atoms with van der Waals surface area (Å²) in [4.78, 5) is 13.1. The number of nitrogens with zero attached hydrogens (tertiary/aromatic N) is 4. The second kappa shape index (κ2) is 9.73. The van der Waals surface area contributed by atoms with Crippen LogP contribution in [-0.2, 0) is 16.1 Å². The molecule has 2 fully saturated rings. The maximum absolute atomic E-state index is 10.4. The highest BCUT2D eigenvalue weighted by Crippen LogP contribution is 2.34. The molecule has 10 nitrogen and oxygen atoms in total. The summed E-state index contributed by atoms with van der Waals surface area (Å²) in [5.41, 5.74) is 3.15. The van der Waals surface area contributed by atoms with E-state index in [1.165, 1.54) is 16.5 Å². The molecule has 2 aliphatic rings. The van der Waals surface area contributed by atoms with Crippen LogP contribution < -0.4 is 5.32 Å². The van der Waals surface area contributed by atoms with Crippen LogP contribution in [0.3, 0.4) is 0 Å². The molecule has 1 aromatic carbocycles. The number of anilines is 1. The fourth-order valence-corrected chi connectivity index (χ4v) is 4.92. The summed E-state index contributed by atoms with van der Waals surface area (Å²) in [5, 5.41) is 33.4. The lowest BCUT2D eigenvalue weighted by Gasteiger charge is -2.22. The minimum Gasteiger partial charge on any atom is -0.394 e.